The molecule has 0 nitrogen and oxygen atoms in total. The Morgan fingerprint density at radius 1 is 0.821 bits per heavy atom. The van der Waals surface area contributed by atoms with E-state index < -0.39 is 0 Å². The monoisotopic (exact) mass is 370 g/mol. The number of unbranched alkanes of at least 4 members (excludes halogenated alkanes) is 5. The minimum absolute atomic E-state index is 0.621. The highest BCUT2D eigenvalue weighted by atomic mass is 14.3. The van der Waals surface area contributed by atoms with Gasteiger partial charge >= 0.3 is 0 Å². The van der Waals surface area contributed by atoms with Gasteiger partial charge in [-0.1, -0.05) is 112 Å². The molecule has 0 fully saturated rings. The summed E-state index contributed by atoms with van der Waals surface area (Å²) in [6.45, 7) is 2.30. The van der Waals surface area contributed by atoms with Crippen molar-refractivity contribution < 1.29 is 0 Å². The van der Waals surface area contributed by atoms with Gasteiger partial charge in [0.05, 0.1) is 0 Å². The van der Waals surface area contributed by atoms with Crippen molar-refractivity contribution in [2.24, 2.45) is 11.8 Å². The highest BCUT2D eigenvalue weighted by molar-refractivity contribution is 5.77. The minimum Gasteiger partial charge on any atom is -0.0773 e. The van der Waals surface area contributed by atoms with E-state index in [1.807, 2.05) is 0 Å². The van der Waals surface area contributed by atoms with Crippen molar-refractivity contribution in [1.29, 1.82) is 0 Å². The molecule has 0 radical (unpaired) electrons. The van der Waals surface area contributed by atoms with Crippen LogP contribution in [0.5, 0.6) is 0 Å². The molecule has 0 heterocycles. The molecule has 2 aliphatic carbocycles. The largest absolute Gasteiger partial charge is 0.0773 e. The number of rotatable bonds is 10. The summed E-state index contributed by atoms with van der Waals surface area (Å²) in [5.41, 5.74) is 7.59. The maximum Gasteiger partial charge on any atom is -0.00107 e. The van der Waals surface area contributed by atoms with Gasteiger partial charge in [0.25, 0.3) is 0 Å². The first-order chi connectivity index (χ1) is 13.9. The minimum atomic E-state index is 0.621. The third kappa shape index (κ3) is 4.32. The van der Waals surface area contributed by atoms with E-state index in [0.29, 0.717) is 5.92 Å². The molecule has 1 unspecified atom stereocenters. The van der Waals surface area contributed by atoms with Crippen LogP contribution in [0.25, 0.3) is 11.1 Å². The Morgan fingerprint density at radius 3 is 2.43 bits per heavy atom. The van der Waals surface area contributed by atoms with Gasteiger partial charge in [-0.2, -0.15) is 0 Å². The maximum absolute atomic E-state index is 2.42. The molecule has 0 saturated heterocycles. The molecule has 0 aromatic heterocycles. The number of benzene rings is 2. The van der Waals surface area contributed by atoms with E-state index in [1.165, 1.54) is 68.1 Å². The van der Waals surface area contributed by atoms with E-state index in [4.69, 9.17) is 0 Å². The quantitative estimate of drug-likeness (QED) is 0.318. The summed E-state index contributed by atoms with van der Waals surface area (Å²) < 4.78 is 0. The molecule has 0 saturated carbocycles. The van der Waals surface area contributed by atoms with Gasteiger partial charge < -0.3 is 0 Å². The van der Waals surface area contributed by atoms with Crippen LogP contribution in [0.3, 0.4) is 0 Å². The molecule has 0 heteroatoms. The fourth-order valence-corrected chi connectivity index (χ4v) is 5.08. The van der Waals surface area contributed by atoms with Crippen molar-refractivity contribution in [2.45, 2.75) is 64.7 Å². The van der Waals surface area contributed by atoms with Gasteiger partial charge in [-0.25, -0.2) is 0 Å². The van der Waals surface area contributed by atoms with Crippen molar-refractivity contribution in [2.75, 3.05) is 0 Å². The van der Waals surface area contributed by atoms with Gasteiger partial charge in [-0.15, -0.1) is 0 Å². The lowest BCUT2D eigenvalue weighted by atomic mass is 9.82. The van der Waals surface area contributed by atoms with Crippen LogP contribution >= 0.6 is 0 Å². The molecule has 4 rings (SSSR count). The lowest BCUT2D eigenvalue weighted by Crippen LogP contribution is -2.14. The Bertz CT molecular complexity index is 827. The Labute approximate surface area is 171 Å². The van der Waals surface area contributed by atoms with Crippen LogP contribution < -0.4 is 0 Å². The van der Waals surface area contributed by atoms with Gasteiger partial charge in [-0.3, -0.25) is 0 Å². The van der Waals surface area contributed by atoms with Crippen molar-refractivity contribution in [3.63, 3.8) is 0 Å². The highest BCUT2D eigenvalue weighted by Gasteiger charge is 2.24. The van der Waals surface area contributed by atoms with Crippen LogP contribution in [0.2, 0.25) is 0 Å². The van der Waals surface area contributed by atoms with Crippen LogP contribution in [0.15, 0.2) is 66.8 Å². The van der Waals surface area contributed by atoms with E-state index in [-0.39, 0.29) is 0 Å². The standard InChI is InChI=1S/C28H34/c1-2-3-4-5-6-7-15-23(22-13-8-9-14-22)20-24-17-12-19-27-26-18-11-10-16-25(26)21-28(24)27/h8-14,16-19,22-23H,2-7,15,20-21H2,1H3. The molecule has 0 aliphatic heterocycles. The zero-order valence-corrected chi connectivity index (χ0v) is 17.4. The maximum atomic E-state index is 2.42. The molecule has 0 N–H and O–H groups in total. The first-order valence-corrected chi connectivity index (χ1v) is 11.4. The molecule has 2 aromatic rings. The summed E-state index contributed by atoms with van der Waals surface area (Å²) in [5.74, 6) is 1.35. The van der Waals surface area contributed by atoms with Gasteiger partial charge in [0.1, 0.15) is 0 Å². The predicted molar refractivity (Wildman–Crippen MR) is 122 cm³/mol. The molecule has 0 spiro atoms. The van der Waals surface area contributed by atoms with Crippen molar-refractivity contribution in [3.05, 3.63) is 83.5 Å². The normalized spacial score (nSPS) is 15.8. The molecule has 146 valence electrons. The molecular weight excluding hydrogens is 336 g/mol. The highest BCUT2D eigenvalue weighted by Crippen LogP contribution is 2.40. The van der Waals surface area contributed by atoms with Gasteiger partial charge in [0.15, 0.2) is 0 Å². The van der Waals surface area contributed by atoms with E-state index in [9.17, 15) is 0 Å². The first-order valence-electron chi connectivity index (χ1n) is 11.4. The number of hydrogen-bond donors (Lipinski definition) is 0. The van der Waals surface area contributed by atoms with E-state index in [0.717, 1.165) is 12.3 Å². The summed E-state index contributed by atoms with van der Waals surface area (Å²) >= 11 is 0. The molecule has 2 aliphatic rings. The van der Waals surface area contributed by atoms with Crippen LogP contribution in [-0.2, 0) is 12.8 Å². The first kappa shape index (κ1) is 19.2. The second-order valence-corrected chi connectivity index (χ2v) is 8.64. The lowest BCUT2D eigenvalue weighted by molar-refractivity contribution is 0.397. The fraction of sp³-hybridized carbons (Fsp3) is 0.429. The predicted octanol–water partition coefficient (Wildman–Crippen LogP) is 7.91. The summed E-state index contributed by atoms with van der Waals surface area (Å²) in [4.78, 5) is 0. The van der Waals surface area contributed by atoms with Crippen LogP contribution in [0.1, 0.15) is 68.6 Å². The smallest absolute Gasteiger partial charge is 0.00107 e. The number of allylic oxidation sites excluding steroid dienone is 4. The van der Waals surface area contributed by atoms with E-state index in [2.05, 4.69) is 73.7 Å². The van der Waals surface area contributed by atoms with Crippen LogP contribution in [0.4, 0.5) is 0 Å². The van der Waals surface area contributed by atoms with Crippen LogP contribution in [-0.4, -0.2) is 0 Å². The second kappa shape index (κ2) is 9.41. The third-order valence-electron chi connectivity index (χ3n) is 6.68. The Morgan fingerprint density at radius 2 is 1.57 bits per heavy atom. The average Bonchev–Trinajstić information content (AvgIpc) is 3.38. The second-order valence-electron chi connectivity index (χ2n) is 8.64. The summed E-state index contributed by atoms with van der Waals surface area (Å²) in [6.07, 6.45) is 21.3. The van der Waals surface area contributed by atoms with E-state index in [1.54, 1.807) is 11.1 Å². The zero-order valence-electron chi connectivity index (χ0n) is 17.4. The van der Waals surface area contributed by atoms with Crippen molar-refractivity contribution >= 4 is 0 Å². The molecular formula is C28H34. The van der Waals surface area contributed by atoms with Gasteiger partial charge in [0, 0.05) is 0 Å². The zero-order chi connectivity index (χ0) is 19.2. The SMILES string of the molecule is CCCCCCCCC(Cc1cccc2c1Cc1ccccc1-2)C1C=CC=C1. The molecule has 28 heavy (non-hydrogen) atoms. The molecule has 1 atom stereocenters. The third-order valence-corrected chi connectivity index (χ3v) is 6.68. The summed E-state index contributed by atoms with van der Waals surface area (Å²) in [7, 11) is 0. The molecule has 0 amide bonds. The lowest BCUT2D eigenvalue weighted by Gasteiger charge is -2.23. The number of fused-ring (bicyclic) bond motifs is 3. The summed E-state index contributed by atoms with van der Waals surface area (Å²) in [5, 5.41) is 0. The summed E-state index contributed by atoms with van der Waals surface area (Å²) in [6, 6.07) is 15.9. The Kier molecular flexibility index (Phi) is 6.47. The van der Waals surface area contributed by atoms with Crippen LogP contribution in [0, 0.1) is 11.8 Å². The van der Waals surface area contributed by atoms with Gasteiger partial charge in [-0.05, 0) is 58.9 Å². The Balaban J connectivity index is 1.46. The topological polar surface area (TPSA) is 0 Å². The van der Waals surface area contributed by atoms with Crippen molar-refractivity contribution in [3.8, 4) is 11.1 Å². The molecule has 2 aromatic carbocycles. The van der Waals surface area contributed by atoms with E-state index >= 15 is 0 Å². The van der Waals surface area contributed by atoms with Crippen molar-refractivity contribution in [1.82, 2.24) is 0 Å². The average molecular weight is 371 g/mol. The van der Waals surface area contributed by atoms with Gasteiger partial charge in [0.2, 0.25) is 0 Å². The number of hydrogen-bond acceptors (Lipinski definition) is 0. The fourth-order valence-electron chi connectivity index (χ4n) is 5.08. The Hall–Kier alpha value is -2.08. The molecule has 0 bridgehead atoms.